The molecule has 0 bridgehead atoms. The van der Waals surface area contributed by atoms with Crippen LogP contribution in [0.1, 0.15) is 66.6 Å². The molecule has 0 aromatic heterocycles. The van der Waals surface area contributed by atoms with Crippen LogP contribution < -0.4 is 0 Å². The molecule has 4 nitrogen and oxygen atoms in total. The van der Waals surface area contributed by atoms with Crippen LogP contribution >= 0.6 is 0 Å². The van der Waals surface area contributed by atoms with E-state index in [1.807, 2.05) is 31.2 Å². The molecule has 0 fully saturated rings. The van der Waals surface area contributed by atoms with Gasteiger partial charge in [0, 0.05) is 0 Å². The molecule has 4 heteroatoms. The average Bonchev–Trinajstić information content (AvgIpc) is 2.60. The Bertz CT molecular complexity index is 767. The smallest absolute Gasteiger partial charge is 0.337 e. The minimum absolute atomic E-state index is 0.0204. The molecule has 2 aromatic carbocycles. The van der Waals surface area contributed by atoms with Gasteiger partial charge in [0.1, 0.15) is 0 Å². The van der Waals surface area contributed by atoms with Gasteiger partial charge in [0.05, 0.1) is 18.6 Å². The molecule has 0 saturated heterocycles. The maximum atomic E-state index is 11.9. The molecule has 0 spiro atoms. The van der Waals surface area contributed by atoms with E-state index in [1.165, 1.54) is 12.7 Å². The second kappa shape index (κ2) is 7.73. The fourth-order valence-corrected chi connectivity index (χ4v) is 3.07. The summed E-state index contributed by atoms with van der Waals surface area (Å²) in [7, 11) is 1.33. The predicted molar refractivity (Wildman–Crippen MR) is 102 cm³/mol. The van der Waals surface area contributed by atoms with Crippen LogP contribution in [-0.4, -0.2) is 24.2 Å². The maximum Gasteiger partial charge on any atom is 0.337 e. The van der Waals surface area contributed by atoms with E-state index in [0.29, 0.717) is 5.56 Å². The van der Waals surface area contributed by atoms with E-state index in [4.69, 9.17) is 4.74 Å². The van der Waals surface area contributed by atoms with Gasteiger partial charge in [-0.2, -0.15) is 0 Å². The Morgan fingerprint density at radius 1 is 0.923 bits per heavy atom. The number of rotatable bonds is 5. The Kier molecular flexibility index (Phi) is 5.86. The molecule has 0 aliphatic carbocycles. The lowest BCUT2D eigenvalue weighted by atomic mass is 9.80. The van der Waals surface area contributed by atoms with Gasteiger partial charge in [-0.3, -0.25) is 4.79 Å². The van der Waals surface area contributed by atoms with Gasteiger partial charge in [0.2, 0.25) is 0 Å². The molecular formula is C22H26O4. The number of esters is 1. The quantitative estimate of drug-likeness (QED) is 0.788. The number of benzene rings is 2. The second-order valence-electron chi connectivity index (χ2n) is 7.59. The molecule has 0 radical (unpaired) electrons. The lowest BCUT2D eigenvalue weighted by Crippen LogP contribution is -2.19. The standard InChI is InChI=1S/C22H26O4/c1-14(15-6-8-17(9-7-15)21(25)26-5)19(20(23)24)16-10-12-18(13-11-16)22(2,3)4/h6-14,19H,1-5H3,(H,23,24). The third kappa shape index (κ3) is 4.31. The van der Waals surface area contributed by atoms with E-state index in [-0.39, 0.29) is 11.3 Å². The van der Waals surface area contributed by atoms with Gasteiger partial charge in [-0.1, -0.05) is 64.1 Å². The molecular weight excluding hydrogens is 328 g/mol. The predicted octanol–water partition coefficient (Wildman–Crippen LogP) is 4.74. The van der Waals surface area contributed by atoms with Gasteiger partial charge in [-0.05, 0) is 40.2 Å². The van der Waals surface area contributed by atoms with Gasteiger partial charge in [0.25, 0.3) is 0 Å². The van der Waals surface area contributed by atoms with Crippen molar-refractivity contribution < 1.29 is 19.4 Å². The monoisotopic (exact) mass is 354 g/mol. The fraction of sp³-hybridized carbons (Fsp3) is 0.364. The van der Waals surface area contributed by atoms with E-state index in [1.54, 1.807) is 24.3 Å². The molecule has 0 saturated carbocycles. The molecule has 0 aliphatic rings. The van der Waals surface area contributed by atoms with Crippen molar-refractivity contribution in [1.82, 2.24) is 0 Å². The van der Waals surface area contributed by atoms with Crippen LogP contribution in [0.25, 0.3) is 0 Å². The number of hydrogen-bond donors (Lipinski definition) is 1. The summed E-state index contributed by atoms with van der Waals surface area (Å²) in [5, 5.41) is 9.79. The van der Waals surface area contributed by atoms with Gasteiger partial charge in [-0.15, -0.1) is 0 Å². The zero-order valence-electron chi connectivity index (χ0n) is 15.9. The number of ether oxygens (including phenoxy) is 1. The first kappa shape index (κ1) is 19.7. The Labute approximate surface area is 154 Å². The van der Waals surface area contributed by atoms with Crippen molar-refractivity contribution >= 4 is 11.9 Å². The lowest BCUT2D eigenvalue weighted by Gasteiger charge is -2.23. The van der Waals surface area contributed by atoms with E-state index in [9.17, 15) is 14.7 Å². The summed E-state index contributed by atoms with van der Waals surface area (Å²) in [4.78, 5) is 23.5. The highest BCUT2D eigenvalue weighted by atomic mass is 16.5. The van der Waals surface area contributed by atoms with Crippen molar-refractivity contribution in [3.8, 4) is 0 Å². The molecule has 26 heavy (non-hydrogen) atoms. The highest BCUT2D eigenvalue weighted by Crippen LogP contribution is 2.34. The van der Waals surface area contributed by atoms with Gasteiger partial charge in [0.15, 0.2) is 0 Å². The number of aliphatic carboxylic acids is 1. The van der Waals surface area contributed by atoms with Crippen molar-refractivity contribution in [2.75, 3.05) is 7.11 Å². The summed E-state index contributed by atoms with van der Waals surface area (Å²) in [6.45, 7) is 8.27. The Balaban J connectivity index is 2.31. The molecule has 2 rings (SSSR count). The summed E-state index contributed by atoms with van der Waals surface area (Å²) in [5.41, 5.74) is 3.28. The number of carboxylic acids is 1. The molecule has 0 amide bonds. The number of hydrogen-bond acceptors (Lipinski definition) is 3. The maximum absolute atomic E-state index is 11.9. The minimum atomic E-state index is -0.863. The van der Waals surface area contributed by atoms with Crippen molar-refractivity contribution in [2.24, 2.45) is 0 Å². The normalized spacial score (nSPS) is 13.7. The molecule has 1 N–H and O–H groups in total. The summed E-state index contributed by atoms with van der Waals surface area (Å²) < 4.78 is 4.70. The van der Waals surface area contributed by atoms with Gasteiger partial charge >= 0.3 is 11.9 Å². The number of carbonyl (C=O) groups is 2. The fourth-order valence-electron chi connectivity index (χ4n) is 3.07. The minimum Gasteiger partial charge on any atom is -0.481 e. The van der Waals surface area contributed by atoms with Crippen LogP contribution in [0, 0.1) is 0 Å². The third-order valence-electron chi connectivity index (χ3n) is 4.76. The van der Waals surface area contributed by atoms with Crippen LogP contribution in [0.15, 0.2) is 48.5 Å². The first-order chi connectivity index (χ1) is 12.1. The molecule has 2 unspecified atom stereocenters. The number of carbonyl (C=O) groups excluding carboxylic acids is 1. The van der Waals surface area contributed by atoms with Crippen molar-refractivity contribution in [2.45, 2.75) is 44.9 Å². The van der Waals surface area contributed by atoms with Crippen LogP contribution in [-0.2, 0) is 14.9 Å². The Hall–Kier alpha value is -2.62. The third-order valence-corrected chi connectivity index (χ3v) is 4.76. The van der Waals surface area contributed by atoms with E-state index in [2.05, 4.69) is 20.8 Å². The summed E-state index contributed by atoms with van der Waals surface area (Å²) in [6.07, 6.45) is 0. The van der Waals surface area contributed by atoms with Crippen LogP contribution in [0.2, 0.25) is 0 Å². The Morgan fingerprint density at radius 3 is 1.85 bits per heavy atom. The molecule has 0 aliphatic heterocycles. The summed E-state index contributed by atoms with van der Waals surface area (Å²) in [5.74, 6) is -2.16. The lowest BCUT2D eigenvalue weighted by molar-refractivity contribution is -0.139. The van der Waals surface area contributed by atoms with Crippen molar-refractivity contribution in [1.29, 1.82) is 0 Å². The molecule has 0 heterocycles. The van der Waals surface area contributed by atoms with E-state index >= 15 is 0 Å². The first-order valence-corrected chi connectivity index (χ1v) is 8.66. The van der Waals surface area contributed by atoms with Crippen LogP contribution in [0.5, 0.6) is 0 Å². The van der Waals surface area contributed by atoms with Gasteiger partial charge in [-0.25, -0.2) is 4.79 Å². The van der Waals surface area contributed by atoms with E-state index < -0.39 is 17.9 Å². The highest BCUT2D eigenvalue weighted by Gasteiger charge is 2.28. The number of methoxy groups -OCH3 is 1. The Morgan fingerprint density at radius 2 is 1.42 bits per heavy atom. The molecule has 2 atom stereocenters. The second-order valence-corrected chi connectivity index (χ2v) is 7.59. The SMILES string of the molecule is COC(=O)c1ccc(C(C)C(C(=O)O)c2ccc(C(C)(C)C)cc2)cc1. The zero-order valence-corrected chi connectivity index (χ0v) is 15.9. The number of carboxylic acid groups (broad SMARTS) is 1. The van der Waals surface area contributed by atoms with Crippen LogP contribution in [0.3, 0.4) is 0 Å². The summed E-state index contributed by atoms with van der Waals surface area (Å²) >= 11 is 0. The van der Waals surface area contributed by atoms with Crippen molar-refractivity contribution in [3.63, 3.8) is 0 Å². The van der Waals surface area contributed by atoms with Crippen LogP contribution in [0.4, 0.5) is 0 Å². The molecule has 138 valence electrons. The average molecular weight is 354 g/mol. The topological polar surface area (TPSA) is 63.6 Å². The zero-order chi connectivity index (χ0) is 19.5. The largest absolute Gasteiger partial charge is 0.481 e. The first-order valence-electron chi connectivity index (χ1n) is 8.66. The highest BCUT2D eigenvalue weighted by molar-refractivity contribution is 5.89. The van der Waals surface area contributed by atoms with E-state index in [0.717, 1.165) is 11.1 Å². The van der Waals surface area contributed by atoms with Gasteiger partial charge < -0.3 is 9.84 Å². The molecule has 2 aromatic rings. The summed E-state index contributed by atoms with van der Waals surface area (Å²) in [6, 6.07) is 14.7. The van der Waals surface area contributed by atoms with Crippen molar-refractivity contribution in [3.05, 3.63) is 70.8 Å².